The number of allylic oxidation sites excluding steroid dienone is 4. The normalized spacial score (nSPS) is 20.1. The molecule has 10 heteroatoms. The molecule has 0 saturated heterocycles. The number of hydrogen-bond donors (Lipinski definition) is 0. The maximum Gasteiger partial charge on any atom is 0.331 e. The van der Waals surface area contributed by atoms with Crippen LogP contribution in [0.25, 0.3) is 34.2 Å². The van der Waals surface area contributed by atoms with Gasteiger partial charge in [0.25, 0.3) is 0 Å². The summed E-state index contributed by atoms with van der Waals surface area (Å²) in [5, 5.41) is 5.48. The number of hydrogen-bond acceptors (Lipinski definition) is 7. The Morgan fingerprint density at radius 1 is 1.10 bits per heavy atom. The average molecular weight is 722 g/mol. The quantitative estimate of drug-likeness (QED) is 0.0772. The minimum absolute atomic E-state index is 0.0839. The zero-order valence-electron chi connectivity index (χ0n) is 29.5. The van der Waals surface area contributed by atoms with Crippen molar-refractivity contribution in [2.45, 2.75) is 89.6 Å². The minimum Gasteiger partial charge on any atom is -0.493 e. The lowest BCUT2D eigenvalue weighted by Gasteiger charge is -2.33. The fraction of sp³-hybridized carbons (Fsp3) is 0.390. The lowest BCUT2D eigenvalue weighted by atomic mass is 9.80. The molecule has 0 radical (unpaired) electrons. The third kappa shape index (κ3) is 8.74. The molecule has 264 valence electrons. The van der Waals surface area contributed by atoms with E-state index in [0.717, 1.165) is 41.9 Å². The van der Waals surface area contributed by atoms with Crippen LogP contribution in [0.1, 0.15) is 94.5 Å². The van der Waals surface area contributed by atoms with Gasteiger partial charge in [0.05, 0.1) is 18.5 Å². The van der Waals surface area contributed by atoms with E-state index in [1.54, 1.807) is 36.2 Å². The molecule has 2 aliphatic rings. The number of halogens is 1. The number of unbranched alkanes of at least 4 members (excludes halogenated alkanes) is 5. The van der Waals surface area contributed by atoms with Crippen LogP contribution in [-0.2, 0) is 4.74 Å². The van der Waals surface area contributed by atoms with Gasteiger partial charge >= 0.3 is 5.97 Å². The van der Waals surface area contributed by atoms with Crippen LogP contribution >= 0.6 is 23.4 Å². The molecule has 1 aliphatic carbocycles. The van der Waals surface area contributed by atoms with Crippen molar-refractivity contribution >= 4 is 52.8 Å². The van der Waals surface area contributed by atoms with Gasteiger partial charge in [-0.05, 0) is 73.1 Å². The van der Waals surface area contributed by atoms with Crippen molar-refractivity contribution in [3.8, 4) is 17.3 Å². The number of nitrogens with zero attached hydrogens (tertiary/aromatic N) is 5. The highest BCUT2D eigenvalue weighted by atomic mass is 35.5. The van der Waals surface area contributed by atoms with Crippen LogP contribution in [0.15, 0.2) is 75.7 Å². The molecule has 2 unspecified atom stereocenters. The molecule has 0 spiro atoms. The fourth-order valence-electron chi connectivity index (χ4n) is 6.75. The van der Waals surface area contributed by atoms with Crippen LogP contribution in [0.2, 0.25) is 0 Å². The first kappa shape index (κ1) is 36.4. The average Bonchev–Trinajstić information content (AvgIpc) is 3.69. The van der Waals surface area contributed by atoms with Crippen molar-refractivity contribution in [2.75, 3.05) is 6.61 Å². The first-order chi connectivity index (χ1) is 24.9. The zero-order valence-corrected chi connectivity index (χ0v) is 31.1. The second-order valence-electron chi connectivity index (χ2n) is 13.4. The Hall–Kier alpha value is -4.39. The second kappa shape index (κ2) is 17.2. The predicted octanol–water partition coefficient (Wildman–Crippen LogP) is 10.4. The fourth-order valence-corrected chi connectivity index (χ4v) is 7.84. The van der Waals surface area contributed by atoms with Crippen molar-refractivity contribution in [1.29, 1.82) is 0 Å². The van der Waals surface area contributed by atoms with Gasteiger partial charge in [-0.3, -0.25) is 4.98 Å². The molecule has 0 amide bonds. The van der Waals surface area contributed by atoms with Gasteiger partial charge < -0.3 is 9.47 Å². The number of carbonyl (C=O) groups is 1. The molecule has 8 nitrogen and oxygen atoms in total. The summed E-state index contributed by atoms with van der Waals surface area (Å²) in [6, 6.07) is 11.8. The molecule has 1 fully saturated rings. The van der Waals surface area contributed by atoms with E-state index < -0.39 is 5.97 Å². The zero-order chi connectivity index (χ0) is 35.7. The van der Waals surface area contributed by atoms with Crippen molar-refractivity contribution in [3.05, 3.63) is 98.7 Å². The molecule has 0 bridgehead atoms. The summed E-state index contributed by atoms with van der Waals surface area (Å²) in [6.07, 6.45) is 21.0. The molecule has 1 aromatic carbocycles. The third-order valence-electron chi connectivity index (χ3n) is 9.52. The van der Waals surface area contributed by atoms with Crippen molar-refractivity contribution < 1.29 is 14.3 Å². The van der Waals surface area contributed by atoms with Crippen molar-refractivity contribution in [2.24, 2.45) is 11.8 Å². The van der Waals surface area contributed by atoms with Crippen molar-refractivity contribution in [3.63, 3.8) is 0 Å². The molecule has 2 atom stereocenters. The highest BCUT2D eigenvalue weighted by Crippen LogP contribution is 2.36. The van der Waals surface area contributed by atoms with Crippen LogP contribution in [0.4, 0.5) is 5.69 Å². The van der Waals surface area contributed by atoms with Gasteiger partial charge in [-0.2, -0.15) is 0 Å². The maximum absolute atomic E-state index is 14.0. The number of aromatic nitrogens is 4. The molecular formula is C41H44ClN5O3S. The van der Waals surface area contributed by atoms with E-state index in [0.29, 0.717) is 34.3 Å². The van der Waals surface area contributed by atoms with Gasteiger partial charge in [0, 0.05) is 27.1 Å². The lowest BCUT2D eigenvalue weighted by molar-refractivity contribution is -0.0159. The number of pyridine rings is 1. The van der Waals surface area contributed by atoms with E-state index in [4.69, 9.17) is 37.7 Å². The number of esters is 1. The third-order valence-corrected chi connectivity index (χ3v) is 10.9. The molecule has 1 saturated carbocycles. The van der Waals surface area contributed by atoms with Crippen LogP contribution in [0.3, 0.4) is 0 Å². The first-order valence-electron chi connectivity index (χ1n) is 18.0. The monoisotopic (exact) mass is 721 g/mol. The Morgan fingerprint density at radius 3 is 2.69 bits per heavy atom. The van der Waals surface area contributed by atoms with E-state index in [1.807, 2.05) is 30.4 Å². The van der Waals surface area contributed by atoms with E-state index >= 15 is 0 Å². The van der Waals surface area contributed by atoms with Crippen LogP contribution in [-0.4, -0.2) is 38.3 Å². The van der Waals surface area contributed by atoms with E-state index in [9.17, 15) is 4.79 Å². The van der Waals surface area contributed by atoms with Crippen LogP contribution < -0.4 is 10.1 Å². The molecule has 4 heterocycles. The van der Waals surface area contributed by atoms with Gasteiger partial charge in [-0.15, -0.1) is 5.10 Å². The summed E-state index contributed by atoms with van der Waals surface area (Å²) in [5.74, 6) is 0.828. The topological polar surface area (TPSA) is 83.0 Å². The lowest BCUT2D eigenvalue weighted by Crippen LogP contribution is -2.34. The Labute approximate surface area is 309 Å². The van der Waals surface area contributed by atoms with E-state index in [-0.39, 0.29) is 34.8 Å². The van der Waals surface area contributed by atoms with Crippen LogP contribution in [0.5, 0.6) is 5.75 Å². The van der Waals surface area contributed by atoms with E-state index in [2.05, 4.69) is 48.8 Å². The summed E-state index contributed by atoms with van der Waals surface area (Å²) in [6.45, 7) is 15.2. The Balaban J connectivity index is 1.34. The summed E-state index contributed by atoms with van der Waals surface area (Å²) < 4.78 is 13.7. The molecular weight excluding hydrogens is 678 g/mol. The highest BCUT2D eigenvalue weighted by molar-refractivity contribution is 8.03. The highest BCUT2D eigenvalue weighted by Gasteiger charge is 2.34. The van der Waals surface area contributed by atoms with Gasteiger partial charge in [0.1, 0.15) is 23.1 Å². The molecule has 51 heavy (non-hydrogen) atoms. The summed E-state index contributed by atoms with van der Waals surface area (Å²) in [7, 11) is 0. The SMILES string of the molecule is [C-]#[N+]c1c(C(=O)OC2C(C)CCCC2C)c2nc(-c3cc(OCCCCCCCC)ccn3)nn2/c1=C/C(Cl)=C/C=C1C=Cc2ccccc2S1. The Kier molecular flexibility index (Phi) is 12.3. The second-order valence-corrected chi connectivity index (χ2v) is 14.9. The molecule has 0 N–H and O–H groups in total. The van der Waals surface area contributed by atoms with Gasteiger partial charge in [-0.25, -0.2) is 19.1 Å². The molecule has 6 rings (SSSR count). The molecule has 3 aromatic heterocycles. The number of carbonyl (C=O) groups excluding carboxylic acids is 1. The van der Waals surface area contributed by atoms with Gasteiger partial charge in [-0.1, -0.05) is 107 Å². The Bertz CT molecular complexity index is 2050. The minimum atomic E-state index is -0.580. The summed E-state index contributed by atoms with van der Waals surface area (Å²) >= 11 is 8.46. The predicted molar refractivity (Wildman–Crippen MR) is 206 cm³/mol. The van der Waals surface area contributed by atoms with Gasteiger partial charge in [0.15, 0.2) is 5.65 Å². The number of rotatable bonds is 13. The Morgan fingerprint density at radius 2 is 1.88 bits per heavy atom. The van der Waals surface area contributed by atoms with Crippen molar-refractivity contribution in [1.82, 2.24) is 19.6 Å². The largest absolute Gasteiger partial charge is 0.493 e. The summed E-state index contributed by atoms with van der Waals surface area (Å²) in [4.78, 5) is 29.3. The first-order valence-corrected chi connectivity index (χ1v) is 19.2. The number of thioether (sulfide) groups is 1. The van der Waals surface area contributed by atoms with Crippen LogP contribution in [0, 0.1) is 18.4 Å². The van der Waals surface area contributed by atoms with Gasteiger partial charge in [0.2, 0.25) is 11.5 Å². The standard InChI is InChI=1S/C41H44ClN5O3S/c1-5-6-7-8-9-12-24-49-31-22-23-44-33(26-31)39-45-40-36(41(48)50-38-27(2)14-13-15-28(38)3)37(43-4)34(47(40)46-39)25-30(42)19-21-32-20-18-29-16-10-11-17-35(29)51-32/h10-11,16-23,25-28,38H,5-9,12-15,24H2,1-3H3/b30-19-,32-21?,34-25+. The number of benzene rings is 1. The number of fused-ring (bicyclic) bond motifs is 2. The molecule has 1 aliphatic heterocycles. The smallest absolute Gasteiger partial charge is 0.331 e. The molecule has 4 aromatic rings. The maximum atomic E-state index is 14.0. The number of ether oxygens (including phenoxy) is 2. The van der Waals surface area contributed by atoms with E-state index in [1.165, 1.54) is 35.8 Å². The summed E-state index contributed by atoms with van der Waals surface area (Å²) in [5.41, 5.74) is 2.08.